The summed E-state index contributed by atoms with van der Waals surface area (Å²) in [5.74, 6) is 1.31. The number of methoxy groups -OCH3 is 1. The second kappa shape index (κ2) is 7.53. The van der Waals surface area contributed by atoms with Crippen LogP contribution in [0.25, 0.3) is 0 Å². The Labute approximate surface area is 126 Å². The minimum absolute atomic E-state index is 0.0722. The first-order valence-electron chi connectivity index (χ1n) is 6.40. The quantitative estimate of drug-likeness (QED) is 0.410. The molecule has 0 saturated carbocycles. The number of H-pyrrole nitrogens is 1. The molecule has 1 amide bonds. The van der Waals surface area contributed by atoms with Gasteiger partial charge in [-0.3, -0.25) is 9.89 Å². The van der Waals surface area contributed by atoms with Gasteiger partial charge in [-0.25, -0.2) is 4.98 Å². The van der Waals surface area contributed by atoms with E-state index in [9.17, 15) is 4.79 Å². The van der Waals surface area contributed by atoms with E-state index < -0.39 is 0 Å². The van der Waals surface area contributed by atoms with Crippen LogP contribution in [0.2, 0.25) is 0 Å². The largest absolute Gasteiger partial charge is 0.495 e. The van der Waals surface area contributed by atoms with Crippen molar-refractivity contribution < 1.29 is 9.53 Å². The molecule has 1 heterocycles. The molecule has 0 radical (unpaired) electrons. The number of benzene rings is 1. The molecule has 0 aliphatic carbocycles. The second-order valence-corrected chi connectivity index (χ2v) is 5.33. The minimum atomic E-state index is -0.0722. The van der Waals surface area contributed by atoms with Crippen molar-refractivity contribution in [1.82, 2.24) is 15.2 Å². The van der Waals surface area contributed by atoms with Crippen LogP contribution in [0.3, 0.4) is 0 Å². The van der Waals surface area contributed by atoms with Crippen LogP contribution in [0.15, 0.2) is 29.7 Å². The van der Waals surface area contributed by atoms with Gasteiger partial charge < -0.3 is 15.8 Å². The van der Waals surface area contributed by atoms with Gasteiger partial charge in [0.15, 0.2) is 5.16 Å². The highest BCUT2D eigenvalue weighted by Crippen LogP contribution is 2.26. The first-order chi connectivity index (χ1) is 10.2. The van der Waals surface area contributed by atoms with Crippen molar-refractivity contribution >= 4 is 29.0 Å². The molecule has 4 N–H and O–H groups in total. The van der Waals surface area contributed by atoms with Gasteiger partial charge in [0.1, 0.15) is 12.1 Å². The third kappa shape index (κ3) is 4.67. The molecule has 7 nitrogen and oxygen atoms in total. The molecule has 21 heavy (non-hydrogen) atoms. The lowest BCUT2D eigenvalue weighted by atomic mass is 10.2. The van der Waals surface area contributed by atoms with Crippen molar-refractivity contribution in [2.24, 2.45) is 0 Å². The third-order valence-corrected chi connectivity index (χ3v) is 3.64. The molecule has 0 aliphatic heterocycles. The van der Waals surface area contributed by atoms with Gasteiger partial charge in [0.2, 0.25) is 5.91 Å². The molecule has 0 unspecified atom stereocenters. The van der Waals surface area contributed by atoms with E-state index in [1.165, 1.54) is 18.1 Å². The molecule has 112 valence electrons. The summed E-state index contributed by atoms with van der Waals surface area (Å²) >= 11 is 1.53. The Bertz CT molecular complexity index is 588. The fraction of sp³-hybridized carbons (Fsp3) is 0.308. The lowest BCUT2D eigenvalue weighted by Gasteiger charge is -2.10. The predicted molar refractivity (Wildman–Crippen MR) is 82.4 cm³/mol. The summed E-state index contributed by atoms with van der Waals surface area (Å²) < 4.78 is 5.18. The van der Waals surface area contributed by atoms with Gasteiger partial charge in [0.05, 0.1) is 12.8 Å². The summed E-state index contributed by atoms with van der Waals surface area (Å²) in [4.78, 5) is 15.9. The number of hydrogen-bond acceptors (Lipinski definition) is 6. The molecule has 8 heteroatoms. The lowest BCUT2D eigenvalue weighted by molar-refractivity contribution is -0.116. The summed E-state index contributed by atoms with van der Waals surface area (Å²) in [6.45, 7) is 0. The van der Waals surface area contributed by atoms with Crippen molar-refractivity contribution in [1.29, 1.82) is 0 Å². The van der Waals surface area contributed by atoms with Gasteiger partial charge in [-0.05, 0) is 24.6 Å². The standard InChI is InChI=1S/C13H17N5O2S/c1-20-11-5-4-9(14)7-10(11)17-12(19)3-2-6-21-13-15-8-16-18-13/h4-5,7-8H,2-3,6,14H2,1H3,(H,17,19)(H,15,16,18). The maximum absolute atomic E-state index is 11.9. The molecule has 2 rings (SSSR count). The first-order valence-corrected chi connectivity index (χ1v) is 7.39. The van der Waals surface area contributed by atoms with E-state index in [1.54, 1.807) is 25.3 Å². The van der Waals surface area contributed by atoms with Crippen molar-refractivity contribution in [3.05, 3.63) is 24.5 Å². The van der Waals surface area contributed by atoms with Crippen molar-refractivity contribution in [3.63, 3.8) is 0 Å². The Hall–Kier alpha value is -2.22. The van der Waals surface area contributed by atoms with E-state index in [0.717, 1.165) is 17.3 Å². The average molecular weight is 307 g/mol. The second-order valence-electron chi connectivity index (χ2n) is 4.25. The zero-order chi connectivity index (χ0) is 15.1. The van der Waals surface area contributed by atoms with Gasteiger partial charge in [0, 0.05) is 17.9 Å². The zero-order valence-electron chi connectivity index (χ0n) is 11.6. The van der Waals surface area contributed by atoms with E-state index in [-0.39, 0.29) is 5.91 Å². The smallest absolute Gasteiger partial charge is 0.224 e. The molecular formula is C13H17N5O2S. The van der Waals surface area contributed by atoms with E-state index in [2.05, 4.69) is 20.5 Å². The normalized spacial score (nSPS) is 10.3. The maximum Gasteiger partial charge on any atom is 0.224 e. The number of thioether (sulfide) groups is 1. The van der Waals surface area contributed by atoms with Gasteiger partial charge in [0.25, 0.3) is 0 Å². The Morgan fingerprint density at radius 2 is 2.38 bits per heavy atom. The highest BCUT2D eigenvalue weighted by atomic mass is 32.2. The number of anilines is 2. The van der Waals surface area contributed by atoms with Crippen LogP contribution in [0.5, 0.6) is 5.75 Å². The first kappa shape index (κ1) is 15.2. The third-order valence-electron chi connectivity index (χ3n) is 2.68. The number of hydrogen-bond donors (Lipinski definition) is 3. The molecule has 1 aromatic heterocycles. The van der Waals surface area contributed by atoms with E-state index >= 15 is 0 Å². The van der Waals surface area contributed by atoms with Crippen molar-refractivity contribution in [2.75, 3.05) is 23.9 Å². The van der Waals surface area contributed by atoms with Crippen molar-refractivity contribution in [2.45, 2.75) is 18.0 Å². The van der Waals surface area contributed by atoms with E-state index in [1.807, 2.05) is 0 Å². The van der Waals surface area contributed by atoms with Crippen LogP contribution in [-0.4, -0.2) is 34.0 Å². The molecule has 1 aromatic carbocycles. The minimum Gasteiger partial charge on any atom is -0.495 e. The summed E-state index contributed by atoms with van der Waals surface area (Å²) in [6, 6.07) is 5.13. The number of nitrogen functional groups attached to an aromatic ring is 1. The lowest BCUT2D eigenvalue weighted by Crippen LogP contribution is -2.12. The molecule has 0 atom stereocenters. The fourth-order valence-corrected chi connectivity index (χ4v) is 2.42. The molecule has 0 bridgehead atoms. The van der Waals surface area contributed by atoms with Crippen LogP contribution in [0.4, 0.5) is 11.4 Å². The molecule has 2 aromatic rings. The predicted octanol–water partition coefficient (Wildman–Crippen LogP) is 1.91. The van der Waals surface area contributed by atoms with Gasteiger partial charge in [-0.1, -0.05) is 11.8 Å². The number of carbonyl (C=O) groups is 1. The number of aromatic nitrogens is 3. The average Bonchev–Trinajstić information content (AvgIpc) is 2.97. The summed E-state index contributed by atoms with van der Waals surface area (Å²) in [5.41, 5.74) is 6.87. The monoisotopic (exact) mass is 307 g/mol. The highest BCUT2D eigenvalue weighted by Gasteiger charge is 2.08. The number of nitrogens with zero attached hydrogens (tertiary/aromatic N) is 2. The van der Waals surface area contributed by atoms with Crippen LogP contribution in [0.1, 0.15) is 12.8 Å². The Balaban J connectivity index is 1.77. The van der Waals surface area contributed by atoms with Gasteiger partial charge in [-0.15, -0.1) is 0 Å². The van der Waals surface area contributed by atoms with E-state index in [4.69, 9.17) is 10.5 Å². The van der Waals surface area contributed by atoms with Gasteiger partial charge in [-0.2, -0.15) is 5.10 Å². The summed E-state index contributed by atoms with van der Waals surface area (Å²) in [5, 5.41) is 10.1. The van der Waals surface area contributed by atoms with Crippen LogP contribution < -0.4 is 15.8 Å². The number of ether oxygens (including phenoxy) is 1. The Morgan fingerprint density at radius 1 is 1.52 bits per heavy atom. The number of nitrogens with one attached hydrogen (secondary N) is 2. The van der Waals surface area contributed by atoms with Crippen LogP contribution in [0, 0.1) is 0 Å². The molecule has 0 fully saturated rings. The number of aromatic amines is 1. The Morgan fingerprint density at radius 3 is 3.10 bits per heavy atom. The molecule has 0 aliphatic rings. The Kier molecular flexibility index (Phi) is 5.44. The SMILES string of the molecule is COc1ccc(N)cc1NC(=O)CCCSc1ncn[nH]1. The fourth-order valence-electron chi connectivity index (χ4n) is 1.70. The summed E-state index contributed by atoms with van der Waals surface area (Å²) in [7, 11) is 1.55. The summed E-state index contributed by atoms with van der Waals surface area (Å²) in [6.07, 6.45) is 2.61. The highest BCUT2D eigenvalue weighted by molar-refractivity contribution is 7.99. The van der Waals surface area contributed by atoms with Gasteiger partial charge >= 0.3 is 0 Å². The number of rotatable bonds is 7. The van der Waals surface area contributed by atoms with E-state index in [0.29, 0.717) is 23.5 Å². The maximum atomic E-state index is 11.9. The zero-order valence-corrected chi connectivity index (χ0v) is 12.4. The van der Waals surface area contributed by atoms with Crippen LogP contribution in [-0.2, 0) is 4.79 Å². The molecule has 0 spiro atoms. The number of amides is 1. The van der Waals surface area contributed by atoms with Crippen molar-refractivity contribution in [3.8, 4) is 5.75 Å². The molecule has 0 saturated heterocycles. The van der Waals surface area contributed by atoms with Crippen LogP contribution >= 0.6 is 11.8 Å². The number of nitrogens with two attached hydrogens (primary N) is 1. The topological polar surface area (TPSA) is 106 Å². The molecular weight excluding hydrogens is 290 g/mol. The number of carbonyl (C=O) groups excluding carboxylic acids is 1.